The minimum Gasteiger partial charge on any atom is -0.359 e. The van der Waals surface area contributed by atoms with Crippen LogP contribution in [0.4, 0.5) is 5.13 Å². The van der Waals surface area contributed by atoms with Gasteiger partial charge in [-0.2, -0.15) is 0 Å². The van der Waals surface area contributed by atoms with Crippen LogP contribution in [0.25, 0.3) is 0 Å². The molecule has 1 aromatic carbocycles. The molecule has 3 nitrogen and oxygen atoms in total. The molecule has 0 unspecified atom stereocenters. The third kappa shape index (κ3) is 2.68. The van der Waals surface area contributed by atoms with E-state index in [9.17, 15) is 0 Å². The molecule has 0 bridgehead atoms. The number of hydrogen-bond acceptors (Lipinski definition) is 3. The lowest BCUT2D eigenvalue weighted by Crippen LogP contribution is -2.30. The number of benzene rings is 1. The van der Waals surface area contributed by atoms with E-state index in [0.29, 0.717) is 17.1 Å². The number of nitrogens with one attached hydrogen (secondary N) is 2. The van der Waals surface area contributed by atoms with E-state index in [-0.39, 0.29) is 0 Å². The zero-order chi connectivity index (χ0) is 12.4. The lowest BCUT2D eigenvalue weighted by atomic mass is 10.1. The number of aromatic nitrogens is 1. The van der Waals surface area contributed by atoms with Crippen LogP contribution >= 0.6 is 23.6 Å². The van der Waals surface area contributed by atoms with Crippen LogP contribution in [-0.4, -0.2) is 16.1 Å². The molecule has 2 atom stereocenters. The smallest absolute Gasteiger partial charge is 0.188 e. The second-order valence-corrected chi connectivity index (χ2v) is 5.60. The standard InChI is InChI=1S/C13H13N3S2/c17-12(16-13-14-6-7-18-13)15-11-8-10(11)9-4-2-1-3-5-9/h1-7,10-11H,8H2,(H2,14,15,16,17)/t10-,11-/m1/s1. The quantitative estimate of drug-likeness (QED) is 0.844. The second-order valence-electron chi connectivity index (χ2n) is 4.30. The van der Waals surface area contributed by atoms with Crippen LogP contribution in [0.5, 0.6) is 0 Å². The molecule has 3 rings (SSSR count). The molecule has 0 amide bonds. The first-order valence-corrected chi connectivity index (χ1v) is 7.13. The average molecular weight is 275 g/mol. The molecule has 1 aromatic heterocycles. The third-order valence-corrected chi connectivity index (χ3v) is 3.90. The molecule has 1 aliphatic carbocycles. The van der Waals surface area contributed by atoms with E-state index >= 15 is 0 Å². The van der Waals surface area contributed by atoms with Gasteiger partial charge >= 0.3 is 0 Å². The Kier molecular flexibility index (Phi) is 3.25. The molecule has 2 N–H and O–H groups in total. The van der Waals surface area contributed by atoms with Crippen LogP contribution in [0.1, 0.15) is 17.9 Å². The van der Waals surface area contributed by atoms with Crippen molar-refractivity contribution in [3.8, 4) is 0 Å². The SMILES string of the molecule is S=C(Nc1nccs1)N[C@@H]1C[C@@H]1c1ccccc1. The molecule has 18 heavy (non-hydrogen) atoms. The van der Waals surface area contributed by atoms with Crippen molar-refractivity contribution in [3.63, 3.8) is 0 Å². The number of thiocarbonyl (C=S) groups is 1. The Morgan fingerprint density at radius 1 is 1.33 bits per heavy atom. The summed E-state index contributed by atoms with van der Waals surface area (Å²) in [5.41, 5.74) is 1.38. The van der Waals surface area contributed by atoms with Gasteiger partial charge in [-0.15, -0.1) is 11.3 Å². The molecule has 0 saturated heterocycles. The number of rotatable bonds is 3. The van der Waals surface area contributed by atoms with Gasteiger partial charge < -0.3 is 10.6 Å². The Balaban J connectivity index is 1.52. The number of nitrogens with zero attached hydrogens (tertiary/aromatic N) is 1. The molecular weight excluding hydrogens is 262 g/mol. The van der Waals surface area contributed by atoms with Crippen molar-refractivity contribution in [2.24, 2.45) is 0 Å². The van der Waals surface area contributed by atoms with Gasteiger partial charge in [-0.05, 0) is 24.2 Å². The summed E-state index contributed by atoms with van der Waals surface area (Å²) in [6.45, 7) is 0. The molecule has 0 radical (unpaired) electrons. The maximum Gasteiger partial charge on any atom is 0.188 e. The van der Waals surface area contributed by atoms with Gasteiger partial charge in [0.2, 0.25) is 0 Å². The maximum atomic E-state index is 5.27. The van der Waals surface area contributed by atoms with E-state index in [2.05, 4.69) is 39.9 Å². The van der Waals surface area contributed by atoms with Crippen molar-refractivity contribution in [1.29, 1.82) is 0 Å². The lowest BCUT2D eigenvalue weighted by molar-refractivity contribution is 0.877. The molecule has 1 heterocycles. The minimum atomic E-state index is 0.451. The van der Waals surface area contributed by atoms with Gasteiger partial charge in [0, 0.05) is 23.5 Å². The Labute approximate surface area is 115 Å². The van der Waals surface area contributed by atoms with Crippen LogP contribution in [-0.2, 0) is 0 Å². The number of thiazole rings is 1. The van der Waals surface area contributed by atoms with Gasteiger partial charge in [0.15, 0.2) is 10.2 Å². The topological polar surface area (TPSA) is 37.0 Å². The Morgan fingerprint density at radius 3 is 2.89 bits per heavy atom. The first-order valence-electron chi connectivity index (χ1n) is 5.85. The summed E-state index contributed by atoms with van der Waals surface area (Å²) in [6, 6.07) is 11.0. The fourth-order valence-corrected chi connectivity index (χ4v) is 2.86. The van der Waals surface area contributed by atoms with Crippen molar-refractivity contribution in [3.05, 3.63) is 47.5 Å². The van der Waals surface area contributed by atoms with E-state index in [0.717, 1.165) is 11.6 Å². The Morgan fingerprint density at radius 2 is 2.17 bits per heavy atom. The molecule has 1 aliphatic rings. The summed E-state index contributed by atoms with van der Waals surface area (Å²) >= 11 is 6.81. The van der Waals surface area contributed by atoms with Gasteiger partial charge in [-0.3, -0.25) is 0 Å². The zero-order valence-corrected chi connectivity index (χ0v) is 11.3. The van der Waals surface area contributed by atoms with Crippen molar-refractivity contribution in [1.82, 2.24) is 10.3 Å². The molecule has 0 spiro atoms. The van der Waals surface area contributed by atoms with Crippen molar-refractivity contribution in [2.75, 3.05) is 5.32 Å². The Bertz CT molecular complexity index is 524. The lowest BCUT2D eigenvalue weighted by Gasteiger charge is -2.07. The van der Waals surface area contributed by atoms with Crippen molar-refractivity contribution < 1.29 is 0 Å². The second kappa shape index (κ2) is 5.04. The number of hydrogen-bond donors (Lipinski definition) is 2. The summed E-state index contributed by atoms with van der Waals surface area (Å²) in [5, 5.41) is 9.84. The zero-order valence-electron chi connectivity index (χ0n) is 9.67. The Hall–Kier alpha value is -1.46. The summed E-state index contributed by atoms with van der Waals surface area (Å²) in [6.07, 6.45) is 2.91. The highest BCUT2D eigenvalue weighted by atomic mass is 32.1. The van der Waals surface area contributed by atoms with Crippen LogP contribution in [0, 0.1) is 0 Å². The molecule has 92 valence electrons. The van der Waals surface area contributed by atoms with Crippen LogP contribution in [0.3, 0.4) is 0 Å². The molecule has 1 saturated carbocycles. The highest BCUT2D eigenvalue weighted by Gasteiger charge is 2.38. The van der Waals surface area contributed by atoms with E-state index in [1.54, 1.807) is 17.5 Å². The summed E-state index contributed by atoms with van der Waals surface area (Å²) in [5.74, 6) is 0.585. The maximum absolute atomic E-state index is 5.27. The van der Waals surface area contributed by atoms with Gasteiger partial charge in [-0.25, -0.2) is 4.98 Å². The summed E-state index contributed by atoms with van der Waals surface area (Å²) in [4.78, 5) is 4.14. The highest BCUT2D eigenvalue weighted by Crippen LogP contribution is 2.40. The molecule has 0 aliphatic heterocycles. The molecular formula is C13H13N3S2. The largest absolute Gasteiger partial charge is 0.359 e. The normalized spacial score (nSPS) is 21.3. The summed E-state index contributed by atoms with van der Waals surface area (Å²) < 4.78 is 0. The van der Waals surface area contributed by atoms with E-state index in [4.69, 9.17) is 12.2 Å². The monoisotopic (exact) mass is 275 g/mol. The van der Waals surface area contributed by atoms with Crippen LogP contribution in [0.15, 0.2) is 41.9 Å². The van der Waals surface area contributed by atoms with Gasteiger partial charge in [0.25, 0.3) is 0 Å². The minimum absolute atomic E-state index is 0.451. The summed E-state index contributed by atoms with van der Waals surface area (Å²) in [7, 11) is 0. The molecule has 2 aromatic rings. The van der Waals surface area contributed by atoms with Crippen LogP contribution in [0.2, 0.25) is 0 Å². The fraction of sp³-hybridized carbons (Fsp3) is 0.231. The van der Waals surface area contributed by atoms with Gasteiger partial charge in [-0.1, -0.05) is 30.3 Å². The van der Waals surface area contributed by atoms with E-state index in [1.165, 1.54) is 5.56 Å². The van der Waals surface area contributed by atoms with Crippen LogP contribution < -0.4 is 10.6 Å². The van der Waals surface area contributed by atoms with E-state index in [1.807, 2.05) is 11.4 Å². The predicted octanol–water partition coefficient (Wildman–Crippen LogP) is 2.99. The molecule has 5 heteroatoms. The van der Waals surface area contributed by atoms with Crippen molar-refractivity contribution in [2.45, 2.75) is 18.4 Å². The van der Waals surface area contributed by atoms with Crippen molar-refractivity contribution >= 4 is 33.8 Å². The van der Waals surface area contributed by atoms with Gasteiger partial charge in [0.05, 0.1) is 0 Å². The van der Waals surface area contributed by atoms with E-state index < -0.39 is 0 Å². The third-order valence-electron chi connectivity index (χ3n) is 2.99. The predicted molar refractivity (Wildman–Crippen MR) is 79.1 cm³/mol. The first-order chi connectivity index (χ1) is 8.83. The average Bonchev–Trinajstić information content (AvgIpc) is 2.95. The van der Waals surface area contributed by atoms with Gasteiger partial charge in [0.1, 0.15) is 0 Å². The highest BCUT2D eigenvalue weighted by molar-refractivity contribution is 7.80. The first kappa shape index (κ1) is 11.6. The molecule has 1 fully saturated rings. The fourth-order valence-electron chi connectivity index (χ4n) is 2.01. The number of anilines is 1.